The van der Waals surface area contributed by atoms with Crippen molar-refractivity contribution in [2.45, 2.75) is 44.8 Å². The lowest BCUT2D eigenvalue weighted by atomic mass is 9.91. The number of guanidine groups is 1. The van der Waals surface area contributed by atoms with Crippen LogP contribution in [0.3, 0.4) is 0 Å². The third-order valence-corrected chi connectivity index (χ3v) is 7.55. The number of hydrogen-bond donors (Lipinski definition) is 2. The monoisotopic (exact) mass is 487 g/mol. The Labute approximate surface area is 167 Å². The van der Waals surface area contributed by atoms with Crippen molar-refractivity contribution in [1.29, 1.82) is 0 Å². The van der Waals surface area contributed by atoms with Gasteiger partial charge in [-0.15, -0.1) is 35.3 Å². The zero-order chi connectivity index (χ0) is 17.7. The first-order valence-electron chi connectivity index (χ1n) is 7.70. The summed E-state index contributed by atoms with van der Waals surface area (Å²) in [5, 5.41) is 8.42. The van der Waals surface area contributed by atoms with E-state index in [2.05, 4.69) is 40.9 Å². The number of hydrogen-bond acceptors (Lipinski definition) is 4. The quantitative estimate of drug-likeness (QED) is 0.368. The van der Waals surface area contributed by atoms with Crippen LogP contribution in [0.5, 0.6) is 0 Å². The summed E-state index contributed by atoms with van der Waals surface area (Å²) in [5.74, 6) is 0.713. The lowest BCUT2D eigenvalue weighted by Crippen LogP contribution is -2.45. The first-order valence-corrected chi connectivity index (χ1v) is 10.2. The number of sulfone groups is 1. The van der Waals surface area contributed by atoms with E-state index in [1.54, 1.807) is 39.2 Å². The Balaban J connectivity index is 0.00000529. The number of thiophene rings is 1. The largest absolute Gasteiger partial charge is 0.356 e. The second kappa shape index (κ2) is 9.38. The smallest absolute Gasteiger partial charge is 0.191 e. The van der Waals surface area contributed by atoms with E-state index in [-0.39, 0.29) is 35.1 Å². The average molecular weight is 487 g/mol. The molecule has 1 heterocycles. The van der Waals surface area contributed by atoms with Crippen molar-refractivity contribution in [1.82, 2.24) is 10.6 Å². The third kappa shape index (κ3) is 6.87. The Kier molecular flexibility index (Phi) is 9.24. The molecule has 0 bridgehead atoms. The van der Waals surface area contributed by atoms with Crippen molar-refractivity contribution in [3.8, 4) is 0 Å². The molecule has 0 saturated heterocycles. The van der Waals surface area contributed by atoms with E-state index in [0.29, 0.717) is 12.5 Å². The molecule has 0 fully saturated rings. The summed E-state index contributed by atoms with van der Waals surface area (Å²) < 4.78 is 23.5. The van der Waals surface area contributed by atoms with Crippen LogP contribution in [0.4, 0.5) is 0 Å². The summed E-state index contributed by atoms with van der Waals surface area (Å²) in [6.07, 6.45) is 0. The molecular formula is C16H30IN3O2S2. The highest BCUT2D eigenvalue weighted by Gasteiger charge is 2.28. The molecule has 0 aromatic carbocycles. The van der Waals surface area contributed by atoms with Gasteiger partial charge in [-0.25, -0.2) is 8.42 Å². The number of rotatable bonds is 6. The van der Waals surface area contributed by atoms with Crippen LogP contribution in [0.25, 0.3) is 0 Å². The van der Waals surface area contributed by atoms with Gasteiger partial charge in [0.25, 0.3) is 0 Å². The van der Waals surface area contributed by atoms with Crippen LogP contribution >= 0.6 is 35.3 Å². The van der Waals surface area contributed by atoms with Gasteiger partial charge in [-0.05, 0) is 32.2 Å². The standard InChI is InChI=1S/C16H29N3O2S2.HI/c1-15(2,3)23(20,21)11-9-18-14(17-6)19-12-16(4,5)13-8-7-10-22-13;/h7-8,10H,9,11-12H2,1-6H3,(H2,17,18,19);1H. The van der Waals surface area contributed by atoms with Crippen molar-refractivity contribution in [2.24, 2.45) is 4.99 Å². The van der Waals surface area contributed by atoms with Gasteiger partial charge in [0.05, 0.1) is 10.5 Å². The van der Waals surface area contributed by atoms with Gasteiger partial charge < -0.3 is 10.6 Å². The van der Waals surface area contributed by atoms with Gasteiger partial charge in [-0.1, -0.05) is 19.9 Å². The van der Waals surface area contributed by atoms with Gasteiger partial charge in [-0.2, -0.15) is 0 Å². The fourth-order valence-corrected chi connectivity index (χ4v) is 3.72. The molecule has 0 atom stereocenters. The van der Waals surface area contributed by atoms with Gasteiger partial charge in [0, 0.05) is 30.4 Å². The number of halogens is 1. The number of nitrogens with one attached hydrogen (secondary N) is 2. The summed E-state index contributed by atoms with van der Waals surface area (Å²) in [5.41, 5.74) is -0.0106. The second-order valence-corrected chi connectivity index (χ2v) is 11.0. The topological polar surface area (TPSA) is 70.6 Å². The normalized spacial score (nSPS) is 13.3. The maximum atomic E-state index is 12.1. The van der Waals surface area contributed by atoms with Crippen LogP contribution in [-0.4, -0.2) is 45.0 Å². The molecule has 1 rings (SSSR count). The van der Waals surface area contributed by atoms with E-state index in [1.165, 1.54) is 4.88 Å². The Bertz CT molecular complexity index is 618. The molecule has 0 aliphatic carbocycles. The first kappa shape index (κ1) is 23.6. The minimum Gasteiger partial charge on any atom is -0.356 e. The molecule has 0 radical (unpaired) electrons. The van der Waals surface area contributed by atoms with Gasteiger partial charge in [0.15, 0.2) is 15.8 Å². The van der Waals surface area contributed by atoms with E-state index < -0.39 is 14.6 Å². The van der Waals surface area contributed by atoms with Gasteiger partial charge >= 0.3 is 0 Å². The highest BCUT2D eigenvalue weighted by Crippen LogP contribution is 2.26. The lowest BCUT2D eigenvalue weighted by molar-refractivity contribution is 0.518. The van der Waals surface area contributed by atoms with E-state index >= 15 is 0 Å². The predicted octanol–water partition coefficient (Wildman–Crippen LogP) is 3.02. The van der Waals surface area contributed by atoms with E-state index in [9.17, 15) is 8.42 Å². The first-order chi connectivity index (χ1) is 10.5. The van der Waals surface area contributed by atoms with Crippen LogP contribution < -0.4 is 10.6 Å². The Morgan fingerprint density at radius 3 is 2.29 bits per heavy atom. The van der Waals surface area contributed by atoms with E-state index in [0.717, 1.165) is 6.54 Å². The Morgan fingerprint density at radius 1 is 1.21 bits per heavy atom. The summed E-state index contributed by atoms with van der Waals surface area (Å²) >= 11 is 1.73. The minimum atomic E-state index is -3.12. The second-order valence-electron chi connectivity index (χ2n) is 7.14. The molecule has 2 N–H and O–H groups in total. The molecule has 0 aliphatic heterocycles. The summed E-state index contributed by atoms with van der Waals surface area (Å²) in [7, 11) is -1.44. The molecule has 1 aromatic rings. The fourth-order valence-electron chi connectivity index (χ4n) is 1.89. The highest BCUT2D eigenvalue weighted by atomic mass is 127. The van der Waals surface area contributed by atoms with Crippen LogP contribution in [0, 0.1) is 0 Å². The molecule has 0 saturated carbocycles. The fraction of sp³-hybridized carbons (Fsp3) is 0.688. The molecule has 0 unspecified atom stereocenters. The summed E-state index contributed by atoms with van der Waals surface area (Å²) in [4.78, 5) is 5.46. The maximum Gasteiger partial charge on any atom is 0.191 e. The van der Waals surface area contributed by atoms with Crippen LogP contribution in [-0.2, 0) is 15.3 Å². The summed E-state index contributed by atoms with van der Waals surface area (Å²) in [6, 6.07) is 4.17. The van der Waals surface area contributed by atoms with Crippen molar-refractivity contribution in [2.75, 3.05) is 25.9 Å². The average Bonchev–Trinajstić information content (AvgIpc) is 2.96. The Hall–Kier alpha value is -0.350. The van der Waals surface area contributed by atoms with E-state index in [4.69, 9.17) is 0 Å². The zero-order valence-electron chi connectivity index (χ0n) is 15.3. The molecule has 5 nitrogen and oxygen atoms in total. The van der Waals surface area contributed by atoms with Gasteiger partial charge in [0.1, 0.15) is 0 Å². The van der Waals surface area contributed by atoms with Crippen molar-refractivity contribution in [3.05, 3.63) is 22.4 Å². The minimum absolute atomic E-state index is 0. The van der Waals surface area contributed by atoms with Crippen LogP contribution in [0.15, 0.2) is 22.5 Å². The predicted molar refractivity (Wildman–Crippen MR) is 116 cm³/mol. The SMILES string of the molecule is CN=C(NCCS(=O)(=O)C(C)(C)C)NCC(C)(C)c1cccs1.I. The van der Waals surface area contributed by atoms with Crippen LogP contribution in [0.2, 0.25) is 0 Å². The Morgan fingerprint density at radius 2 is 1.83 bits per heavy atom. The molecule has 0 amide bonds. The molecule has 8 heteroatoms. The third-order valence-electron chi connectivity index (χ3n) is 3.71. The van der Waals surface area contributed by atoms with Gasteiger partial charge in [0.2, 0.25) is 0 Å². The molecule has 0 aliphatic rings. The molecule has 140 valence electrons. The number of aliphatic imine (C=N–C) groups is 1. The molecule has 24 heavy (non-hydrogen) atoms. The lowest BCUT2D eigenvalue weighted by Gasteiger charge is -2.25. The van der Waals surface area contributed by atoms with Crippen LogP contribution in [0.1, 0.15) is 39.5 Å². The van der Waals surface area contributed by atoms with Crippen molar-refractivity contribution >= 4 is 51.1 Å². The summed E-state index contributed by atoms with van der Waals surface area (Å²) in [6.45, 7) is 10.6. The zero-order valence-corrected chi connectivity index (χ0v) is 19.3. The molecule has 0 spiro atoms. The highest BCUT2D eigenvalue weighted by molar-refractivity contribution is 14.0. The number of nitrogens with zero attached hydrogens (tertiary/aromatic N) is 1. The van der Waals surface area contributed by atoms with E-state index in [1.807, 2.05) is 6.07 Å². The van der Waals surface area contributed by atoms with Crippen molar-refractivity contribution in [3.63, 3.8) is 0 Å². The molecular weight excluding hydrogens is 457 g/mol. The maximum absolute atomic E-state index is 12.1. The van der Waals surface area contributed by atoms with Crippen molar-refractivity contribution < 1.29 is 8.42 Å². The van der Waals surface area contributed by atoms with Gasteiger partial charge in [-0.3, -0.25) is 4.99 Å². The molecule has 1 aromatic heterocycles.